The first-order valence-electron chi connectivity index (χ1n) is 5.64. The molecule has 0 fully saturated rings. The monoisotopic (exact) mass is 239 g/mol. The van der Waals surface area contributed by atoms with Gasteiger partial charge < -0.3 is 10.5 Å². The van der Waals surface area contributed by atoms with Gasteiger partial charge in [0.2, 0.25) is 0 Å². The van der Waals surface area contributed by atoms with Crippen LogP contribution in [0.25, 0.3) is 0 Å². The maximum Gasteiger partial charge on any atom is 0.0918 e. The summed E-state index contributed by atoms with van der Waals surface area (Å²) in [6.45, 7) is 3.01. The Labute approximate surface area is 102 Å². The Morgan fingerprint density at radius 1 is 1.59 bits per heavy atom. The lowest BCUT2D eigenvalue weighted by Gasteiger charge is -2.20. The number of hydrogen-bond acceptors (Lipinski definition) is 4. The van der Waals surface area contributed by atoms with Crippen molar-refractivity contribution >= 4 is 5.84 Å². The van der Waals surface area contributed by atoms with Crippen molar-refractivity contribution in [1.82, 2.24) is 14.7 Å². The second kappa shape index (κ2) is 7.03. The van der Waals surface area contributed by atoms with Crippen molar-refractivity contribution in [3.05, 3.63) is 18.0 Å². The van der Waals surface area contributed by atoms with Crippen molar-refractivity contribution in [1.29, 1.82) is 5.41 Å². The Morgan fingerprint density at radius 2 is 2.35 bits per heavy atom. The van der Waals surface area contributed by atoms with E-state index in [1.165, 1.54) is 0 Å². The number of nitrogens with zero attached hydrogens (tertiary/aromatic N) is 3. The third-order valence-corrected chi connectivity index (χ3v) is 2.46. The summed E-state index contributed by atoms with van der Waals surface area (Å²) in [5.41, 5.74) is 6.39. The average Bonchev–Trinajstić information content (AvgIpc) is 2.68. The number of hydrogen-bond donors (Lipinski definition) is 2. The van der Waals surface area contributed by atoms with Crippen LogP contribution in [-0.4, -0.2) is 47.3 Å². The van der Waals surface area contributed by atoms with Crippen LogP contribution in [0, 0.1) is 5.41 Å². The van der Waals surface area contributed by atoms with Crippen molar-refractivity contribution in [2.75, 3.05) is 26.8 Å². The molecule has 0 unspecified atom stereocenters. The molecule has 0 aliphatic carbocycles. The van der Waals surface area contributed by atoms with E-state index >= 15 is 0 Å². The van der Waals surface area contributed by atoms with E-state index in [1.54, 1.807) is 11.8 Å². The molecule has 0 radical (unpaired) electrons. The molecule has 6 heteroatoms. The summed E-state index contributed by atoms with van der Waals surface area (Å²) in [7, 11) is 3.59. The fraction of sp³-hybridized carbons (Fsp3) is 0.636. The second-order valence-electron chi connectivity index (χ2n) is 4.02. The Morgan fingerprint density at radius 3 is 2.88 bits per heavy atom. The highest BCUT2D eigenvalue weighted by molar-refractivity contribution is 5.76. The first-order valence-corrected chi connectivity index (χ1v) is 5.64. The molecule has 6 nitrogen and oxygen atoms in total. The minimum absolute atomic E-state index is 0.216. The molecule has 1 aromatic heterocycles. The zero-order valence-electron chi connectivity index (χ0n) is 10.5. The minimum atomic E-state index is 0.216. The lowest BCUT2D eigenvalue weighted by Crippen LogP contribution is -2.30. The van der Waals surface area contributed by atoms with Crippen LogP contribution in [-0.2, 0) is 18.3 Å². The molecule has 96 valence electrons. The summed E-state index contributed by atoms with van der Waals surface area (Å²) in [6.07, 6.45) is 2.51. The minimum Gasteiger partial charge on any atom is -0.388 e. The maximum atomic E-state index is 7.25. The topological polar surface area (TPSA) is 80.2 Å². The molecule has 0 spiro atoms. The van der Waals surface area contributed by atoms with Gasteiger partial charge in [-0.3, -0.25) is 15.0 Å². The number of rotatable bonds is 8. The van der Waals surface area contributed by atoms with Crippen LogP contribution in [0.15, 0.2) is 12.3 Å². The van der Waals surface area contributed by atoms with Gasteiger partial charge in [-0.15, -0.1) is 0 Å². The fourth-order valence-corrected chi connectivity index (χ4v) is 1.55. The Hall–Kier alpha value is -1.40. The summed E-state index contributed by atoms with van der Waals surface area (Å²) >= 11 is 0. The van der Waals surface area contributed by atoms with E-state index in [1.807, 2.05) is 19.3 Å². The smallest absolute Gasteiger partial charge is 0.0918 e. The summed E-state index contributed by atoms with van der Waals surface area (Å²) in [5.74, 6) is 0.216. The summed E-state index contributed by atoms with van der Waals surface area (Å²) < 4.78 is 6.86. The van der Waals surface area contributed by atoms with Crippen molar-refractivity contribution in [3.8, 4) is 0 Å². The van der Waals surface area contributed by atoms with Gasteiger partial charge in [0.15, 0.2) is 0 Å². The summed E-state index contributed by atoms with van der Waals surface area (Å²) in [4.78, 5) is 2.19. The lowest BCUT2D eigenvalue weighted by molar-refractivity contribution is 0.145. The van der Waals surface area contributed by atoms with E-state index in [-0.39, 0.29) is 5.84 Å². The first-order chi connectivity index (χ1) is 8.11. The van der Waals surface area contributed by atoms with E-state index in [2.05, 4.69) is 10.00 Å². The van der Waals surface area contributed by atoms with E-state index in [0.717, 1.165) is 25.3 Å². The molecule has 0 saturated heterocycles. The van der Waals surface area contributed by atoms with Crippen LogP contribution in [0.1, 0.15) is 12.1 Å². The Bertz CT molecular complexity index is 349. The molecule has 0 atom stereocenters. The average molecular weight is 239 g/mol. The van der Waals surface area contributed by atoms with Gasteiger partial charge in [0, 0.05) is 46.4 Å². The van der Waals surface area contributed by atoms with Crippen LogP contribution < -0.4 is 5.73 Å². The van der Waals surface area contributed by atoms with E-state index in [9.17, 15) is 0 Å². The molecule has 0 saturated carbocycles. The third-order valence-electron chi connectivity index (χ3n) is 2.46. The fourth-order valence-electron chi connectivity index (χ4n) is 1.55. The molecule has 0 aromatic carbocycles. The number of aryl methyl sites for hydroxylation is 1. The van der Waals surface area contributed by atoms with Crippen LogP contribution in [0.3, 0.4) is 0 Å². The SMILES string of the molecule is COCCN(CCC(=N)N)Cc1ccn(C)n1. The highest BCUT2D eigenvalue weighted by Gasteiger charge is 2.08. The molecule has 1 aromatic rings. The Balaban J connectivity index is 2.47. The normalized spacial score (nSPS) is 11.0. The second-order valence-corrected chi connectivity index (χ2v) is 4.02. The predicted molar refractivity (Wildman–Crippen MR) is 66.9 cm³/mol. The molecule has 1 rings (SSSR count). The molecular weight excluding hydrogens is 218 g/mol. The standard InChI is InChI=1S/C11H21N5O/c1-15-5-3-10(14-15)9-16(7-8-17-2)6-4-11(12)13/h3,5H,4,6-9H2,1-2H3,(H3,12,13). The van der Waals surface area contributed by atoms with Crippen LogP contribution in [0.4, 0.5) is 0 Å². The number of nitrogens with two attached hydrogens (primary N) is 1. The molecule has 0 aliphatic rings. The molecule has 1 heterocycles. The quantitative estimate of drug-likeness (QED) is 0.501. The van der Waals surface area contributed by atoms with Crippen molar-refractivity contribution in [2.24, 2.45) is 12.8 Å². The van der Waals surface area contributed by atoms with E-state index in [0.29, 0.717) is 13.0 Å². The van der Waals surface area contributed by atoms with Gasteiger partial charge in [-0.1, -0.05) is 0 Å². The zero-order valence-corrected chi connectivity index (χ0v) is 10.5. The number of amidine groups is 1. The van der Waals surface area contributed by atoms with Gasteiger partial charge in [0.25, 0.3) is 0 Å². The van der Waals surface area contributed by atoms with Gasteiger partial charge in [-0.05, 0) is 6.07 Å². The van der Waals surface area contributed by atoms with E-state index < -0.39 is 0 Å². The van der Waals surface area contributed by atoms with Gasteiger partial charge in [0.05, 0.1) is 18.1 Å². The van der Waals surface area contributed by atoms with Crippen LogP contribution >= 0.6 is 0 Å². The molecule has 3 N–H and O–H groups in total. The van der Waals surface area contributed by atoms with Crippen LogP contribution in [0.2, 0.25) is 0 Å². The van der Waals surface area contributed by atoms with Gasteiger partial charge in [-0.2, -0.15) is 5.10 Å². The third kappa shape index (κ3) is 5.46. The van der Waals surface area contributed by atoms with E-state index in [4.69, 9.17) is 15.9 Å². The largest absolute Gasteiger partial charge is 0.388 e. The van der Waals surface area contributed by atoms with Gasteiger partial charge in [-0.25, -0.2) is 0 Å². The number of ether oxygens (including phenoxy) is 1. The van der Waals surface area contributed by atoms with Crippen LogP contribution in [0.5, 0.6) is 0 Å². The zero-order chi connectivity index (χ0) is 12.7. The lowest BCUT2D eigenvalue weighted by atomic mass is 10.3. The molecule has 0 bridgehead atoms. The maximum absolute atomic E-state index is 7.25. The van der Waals surface area contributed by atoms with Crippen molar-refractivity contribution in [2.45, 2.75) is 13.0 Å². The predicted octanol–water partition coefficient (Wildman–Crippen LogP) is 0.195. The van der Waals surface area contributed by atoms with Crippen molar-refractivity contribution in [3.63, 3.8) is 0 Å². The molecule has 17 heavy (non-hydrogen) atoms. The molecular formula is C11H21N5O. The molecule has 0 amide bonds. The number of aromatic nitrogens is 2. The van der Waals surface area contributed by atoms with Crippen molar-refractivity contribution < 1.29 is 4.74 Å². The number of nitrogens with one attached hydrogen (secondary N) is 1. The van der Waals surface area contributed by atoms with Gasteiger partial charge >= 0.3 is 0 Å². The Kier molecular flexibility index (Phi) is 5.65. The number of methoxy groups -OCH3 is 1. The summed E-state index contributed by atoms with van der Waals surface area (Å²) in [5, 5.41) is 11.6. The highest BCUT2D eigenvalue weighted by Crippen LogP contribution is 2.02. The highest BCUT2D eigenvalue weighted by atomic mass is 16.5. The molecule has 0 aliphatic heterocycles. The first kappa shape index (κ1) is 13.7. The van der Waals surface area contributed by atoms with Gasteiger partial charge in [0.1, 0.15) is 0 Å². The summed E-state index contributed by atoms with van der Waals surface area (Å²) in [6, 6.07) is 1.99.